The predicted molar refractivity (Wildman–Crippen MR) is 64.0 cm³/mol. The molecule has 0 aromatic carbocycles. The molecule has 86 valence electrons. The van der Waals surface area contributed by atoms with Gasteiger partial charge in [-0.3, -0.25) is 0 Å². The number of rotatable bonds is 8. The van der Waals surface area contributed by atoms with Crippen molar-refractivity contribution in [1.29, 1.82) is 0 Å². The Morgan fingerprint density at radius 1 is 1.36 bits per heavy atom. The van der Waals surface area contributed by atoms with Gasteiger partial charge in [-0.1, -0.05) is 26.7 Å². The van der Waals surface area contributed by atoms with Crippen LogP contribution in [-0.2, 0) is 4.43 Å². The van der Waals surface area contributed by atoms with Gasteiger partial charge < -0.3 is 9.53 Å². The minimum absolute atomic E-state index is 0.301. The topological polar surface area (TPSA) is 29.5 Å². The predicted octanol–water partition coefficient (Wildman–Crippen LogP) is 3.03. The van der Waals surface area contributed by atoms with Gasteiger partial charge in [-0.25, -0.2) is 0 Å². The molecular weight excluding hydrogens is 192 g/mol. The molecular formula is C11H26O2Si. The highest BCUT2D eigenvalue weighted by Gasteiger charge is 2.26. The molecule has 0 spiro atoms. The van der Waals surface area contributed by atoms with Gasteiger partial charge in [-0.05, 0) is 31.0 Å². The summed E-state index contributed by atoms with van der Waals surface area (Å²) in [6.07, 6.45) is 3.43. The molecule has 0 heterocycles. The molecule has 0 rings (SSSR count). The van der Waals surface area contributed by atoms with E-state index in [1.54, 1.807) is 0 Å². The van der Waals surface area contributed by atoms with E-state index in [4.69, 9.17) is 9.53 Å². The highest BCUT2D eigenvalue weighted by molar-refractivity contribution is 6.72. The Morgan fingerprint density at radius 2 is 2.00 bits per heavy atom. The molecule has 0 saturated heterocycles. The van der Waals surface area contributed by atoms with Gasteiger partial charge >= 0.3 is 0 Å². The Balaban J connectivity index is 3.85. The Hall–Kier alpha value is 0.137. The fourth-order valence-electron chi connectivity index (χ4n) is 1.54. The van der Waals surface area contributed by atoms with Crippen molar-refractivity contribution < 1.29 is 9.53 Å². The van der Waals surface area contributed by atoms with Crippen LogP contribution in [-0.4, -0.2) is 27.1 Å². The van der Waals surface area contributed by atoms with Crippen LogP contribution in [0.3, 0.4) is 0 Å². The summed E-state index contributed by atoms with van der Waals surface area (Å²) in [5.74, 6) is 0.811. The number of aliphatic hydroxyl groups is 1. The van der Waals surface area contributed by atoms with Crippen molar-refractivity contribution in [3.63, 3.8) is 0 Å². The Morgan fingerprint density at radius 3 is 2.43 bits per heavy atom. The first-order valence-corrected chi connectivity index (χ1v) is 8.56. The second-order valence-electron chi connectivity index (χ2n) is 4.53. The second kappa shape index (κ2) is 7.43. The van der Waals surface area contributed by atoms with Crippen LogP contribution < -0.4 is 0 Å². The number of hydrogen-bond donors (Lipinski definition) is 1. The molecule has 0 aromatic heterocycles. The van der Waals surface area contributed by atoms with Crippen LogP contribution >= 0.6 is 0 Å². The molecule has 1 N–H and O–H groups in total. The molecule has 2 unspecified atom stereocenters. The monoisotopic (exact) mass is 218 g/mol. The van der Waals surface area contributed by atoms with Crippen molar-refractivity contribution in [2.24, 2.45) is 5.92 Å². The maximum atomic E-state index is 8.82. The van der Waals surface area contributed by atoms with Crippen LogP contribution in [0.1, 0.15) is 33.1 Å². The number of hydrogen-bond acceptors (Lipinski definition) is 2. The summed E-state index contributed by atoms with van der Waals surface area (Å²) in [5, 5.41) is 8.82. The summed E-state index contributed by atoms with van der Waals surface area (Å²) >= 11 is 0. The second-order valence-corrected chi connectivity index (χ2v) is 8.84. The molecule has 0 amide bonds. The third-order valence-corrected chi connectivity index (χ3v) is 6.96. The lowest BCUT2D eigenvalue weighted by atomic mass is 10.1. The van der Waals surface area contributed by atoms with Crippen molar-refractivity contribution >= 4 is 8.32 Å². The van der Waals surface area contributed by atoms with E-state index in [-0.39, 0.29) is 0 Å². The quantitative estimate of drug-likeness (QED) is 0.635. The van der Waals surface area contributed by atoms with Gasteiger partial charge in [0.05, 0.1) is 0 Å². The zero-order valence-electron chi connectivity index (χ0n) is 10.2. The average Bonchev–Trinajstić information content (AvgIpc) is 2.23. The van der Waals surface area contributed by atoms with Crippen LogP contribution in [0.2, 0.25) is 18.6 Å². The first kappa shape index (κ1) is 14.1. The van der Waals surface area contributed by atoms with Crippen LogP contribution in [0.15, 0.2) is 0 Å². The lowest BCUT2D eigenvalue weighted by Gasteiger charge is -2.26. The SMILES string of the molecule is CCC(C)CC[Si](C)(CCCO)OC. The summed E-state index contributed by atoms with van der Waals surface area (Å²) in [6.45, 7) is 7.13. The fourth-order valence-corrected chi connectivity index (χ4v) is 4.21. The van der Waals surface area contributed by atoms with Gasteiger partial charge in [0.25, 0.3) is 0 Å². The zero-order chi connectivity index (χ0) is 11.0. The number of aliphatic hydroxyl groups excluding tert-OH is 1. The van der Waals surface area contributed by atoms with Crippen LogP contribution in [0.4, 0.5) is 0 Å². The molecule has 0 fully saturated rings. The normalized spacial score (nSPS) is 17.8. The summed E-state index contributed by atoms with van der Waals surface area (Å²) in [5.41, 5.74) is 0. The van der Waals surface area contributed by atoms with Crippen molar-refractivity contribution in [2.75, 3.05) is 13.7 Å². The van der Waals surface area contributed by atoms with Crippen LogP contribution in [0.5, 0.6) is 0 Å². The van der Waals surface area contributed by atoms with E-state index in [0.29, 0.717) is 6.61 Å². The van der Waals surface area contributed by atoms with E-state index in [1.807, 2.05) is 7.11 Å². The third-order valence-electron chi connectivity index (χ3n) is 3.22. The van der Waals surface area contributed by atoms with Gasteiger partial charge in [0, 0.05) is 13.7 Å². The lowest BCUT2D eigenvalue weighted by Crippen LogP contribution is -2.33. The lowest BCUT2D eigenvalue weighted by molar-refractivity contribution is 0.289. The molecule has 0 bridgehead atoms. The molecule has 0 aromatic rings. The smallest absolute Gasteiger partial charge is 0.189 e. The zero-order valence-corrected chi connectivity index (χ0v) is 11.2. The maximum absolute atomic E-state index is 8.82. The Labute approximate surface area is 89.8 Å². The minimum atomic E-state index is -1.48. The van der Waals surface area contributed by atoms with E-state index in [2.05, 4.69) is 20.4 Å². The summed E-state index contributed by atoms with van der Waals surface area (Å²) in [7, 11) is 0.350. The van der Waals surface area contributed by atoms with Crippen molar-refractivity contribution in [3.05, 3.63) is 0 Å². The van der Waals surface area contributed by atoms with Crippen molar-refractivity contribution in [2.45, 2.75) is 51.7 Å². The molecule has 0 aliphatic rings. The average molecular weight is 218 g/mol. The highest BCUT2D eigenvalue weighted by atomic mass is 28.4. The van der Waals surface area contributed by atoms with Crippen molar-refractivity contribution in [3.8, 4) is 0 Å². The molecule has 2 nitrogen and oxygen atoms in total. The first-order valence-electron chi connectivity index (χ1n) is 5.74. The van der Waals surface area contributed by atoms with Gasteiger partial charge in [-0.15, -0.1) is 0 Å². The molecule has 2 atom stereocenters. The Kier molecular flexibility index (Phi) is 7.50. The van der Waals surface area contributed by atoms with Gasteiger partial charge in [-0.2, -0.15) is 0 Å². The minimum Gasteiger partial charge on any atom is -0.420 e. The maximum Gasteiger partial charge on any atom is 0.189 e. The summed E-state index contributed by atoms with van der Waals surface area (Å²) in [4.78, 5) is 0. The van der Waals surface area contributed by atoms with Crippen molar-refractivity contribution in [1.82, 2.24) is 0 Å². The molecule has 0 radical (unpaired) electrons. The molecule has 0 saturated carbocycles. The largest absolute Gasteiger partial charge is 0.420 e. The third kappa shape index (κ3) is 5.78. The van der Waals surface area contributed by atoms with Gasteiger partial charge in [0.1, 0.15) is 0 Å². The summed E-state index contributed by atoms with van der Waals surface area (Å²) < 4.78 is 5.66. The van der Waals surface area contributed by atoms with Gasteiger partial charge in [0.15, 0.2) is 8.32 Å². The van der Waals surface area contributed by atoms with Gasteiger partial charge in [0.2, 0.25) is 0 Å². The van der Waals surface area contributed by atoms with Crippen LogP contribution in [0.25, 0.3) is 0 Å². The van der Waals surface area contributed by atoms with E-state index in [0.717, 1.165) is 18.4 Å². The van der Waals surface area contributed by atoms with E-state index >= 15 is 0 Å². The summed E-state index contributed by atoms with van der Waals surface area (Å²) in [6, 6.07) is 2.33. The highest BCUT2D eigenvalue weighted by Crippen LogP contribution is 2.23. The van der Waals surface area contributed by atoms with E-state index < -0.39 is 8.32 Å². The fraction of sp³-hybridized carbons (Fsp3) is 1.00. The van der Waals surface area contributed by atoms with E-state index in [1.165, 1.54) is 18.9 Å². The molecule has 0 aliphatic heterocycles. The Bertz CT molecular complexity index is 141. The van der Waals surface area contributed by atoms with E-state index in [9.17, 15) is 0 Å². The first-order chi connectivity index (χ1) is 6.58. The van der Waals surface area contributed by atoms with Crippen LogP contribution in [0, 0.1) is 5.92 Å². The molecule has 14 heavy (non-hydrogen) atoms. The molecule has 0 aliphatic carbocycles. The molecule has 3 heteroatoms. The standard InChI is InChI=1S/C11H26O2Si/c1-5-11(2)7-10-14(4,13-3)9-6-8-12/h11-12H,5-10H2,1-4H3.